The van der Waals surface area contributed by atoms with Gasteiger partial charge in [-0.1, -0.05) is 31.2 Å². The number of amides is 1. The zero-order chi connectivity index (χ0) is 25.1. The Balaban J connectivity index is 1.88. The molecule has 0 radical (unpaired) electrons. The summed E-state index contributed by atoms with van der Waals surface area (Å²) >= 11 is 0. The van der Waals surface area contributed by atoms with Crippen molar-refractivity contribution in [3.63, 3.8) is 0 Å². The van der Waals surface area contributed by atoms with E-state index in [0.717, 1.165) is 0 Å². The van der Waals surface area contributed by atoms with Gasteiger partial charge in [-0.3, -0.25) is 24.3 Å². The number of non-ortho nitro benzene ring substituents is 1. The molecule has 178 valence electrons. The van der Waals surface area contributed by atoms with Crippen LogP contribution in [0.3, 0.4) is 0 Å². The van der Waals surface area contributed by atoms with Gasteiger partial charge in [-0.25, -0.2) is 4.98 Å². The van der Waals surface area contributed by atoms with Crippen molar-refractivity contribution in [3.8, 4) is 11.4 Å². The number of fused-ring (bicyclic) bond motifs is 1. The summed E-state index contributed by atoms with van der Waals surface area (Å²) in [6.45, 7) is 1.90. The number of methoxy groups -OCH3 is 1. The minimum atomic E-state index is -0.570. The van der Waals surface area contributed by atoms with Crippen molar-refractivity contribution in [3.05, 3.63) is 105 Å². The highest BCUT2D eigenvalue weighted by Crippen LogP contribution is 2.29. The lowest BCUT2D eigenvalue weighted by Crippen LogP contribution is -2.36. The van der Waals surface area contributed by atoms with Gasteiger partial charge in [0.15, 0.2) is 0 Å². The van der Waals surface area contributed by atoms with Crippen LogP contribution in [0, 0.1) is 10.1 Å². The Morgan fingerprint density at radius 3 is 2.40 bits per heavy atom. The summed E-state index contributed by atoms with van der Waals surface area (Å²) in [5, 5.41) is 11.4. The van der Waals surface area contributed by atoms with Crippen molar-refractivity contribution in [2.24, 2.45) is 0 Å². The summed E-state index contributed by atoms with van der Waals surface area (Å²) in [6, 6.07) is 19.1. The molecule has 0 fully saturated rings. The van der Waals surface area contributed by atoms with Gasteiger partial charge in [0.1, 0.15) is 11.6 Å². The molecule has 0 aliphatic carbocycles. The molecule has 0 saturated heterocycles. The molecule has 1 aromatic heterocycles. The monoisotopic (exact) mass is 472 g/mol. The maximum absolute atomic E-state index is 13.7. The maximum Gasteiger partial charge on any atom is 0.269 e. The maximum atomic E-state index is 13.7. The first-order valence-electron chi connectivity index (χ1n) is 11.0. The molecule has 9 heteroatoms. The lowest BCUT2D eigenvalue weighted by molar-refractivity contribution is -0.384. The van der Waals surface area contributed by atoms with Crippen LogP contribution in [-0.2, 0) is 0 Å². The van der Waals surface area contributed by atoms with Gasteiger partial charge in [0.05, 0.1) is 34.7 Å². The SMILES string of the molecule is CCC(c1nc2ccccc2c(=O)n1-c1ccccc1OC)N(C)C(=O)c1ccc([N+](=O)[O-])cc1. The fourth-order valence-corrected chi connectivity index (χ4v) is 4.12. The van der Waals surface area contributed by atoms with E-state index in [1.165, 1.54) is 40.8 Å². The molecule has 1 unspecified atom stereocenters. The molecular weight excluding hydrogens is 448 g/mol. The standard InChI is InChI=1S/C26H24N4O5/c1-4-21(28(2)25(31)17-13-15-18(16-14-17)30(33)34)24-27-20-10-6-5-9-19(20)26(32)29(24)22-11-7-8-12-23(22)35-3/h5-16,21H,4H2,1-3H3. The number of ether oxygens (including phenoxy) is 1. The number of nitro groups is 1. The third kappa shape index (κ3) is 4.35. The molecule has 3 aromatic carbocycles. The fourth-order valence-electron chi connectivity index (χ4n) is 4.12. The van der Waals surface area contributed by atoms with Gasteiger partial charge >= 0.3 is 0 Å². The molecule has 1 heterocycles. The first-order valence-corrected chi connectivity index (χ1v) is 11.0. The number of para-hydroxylation sites is 3. The predicted octanol–water partition coefficient (Wildman–Crippen LogP) is 4.53. The predicted molar refractivity (Wildman–Crippen MR) is 132 cm³/mol. The number of rotatable bonds is 7. The highest BCUT2D eigenvalue weighted by molar-refractivity contribution is 5.94. The van der Waals surface area contributed by atoms with E-state index in [-0.39, 0.29) is 17.2 Å². The van der Waals surface area contributed by atoms with Crippen LogP contribution in [0.25, 0.3) is 16.6 Å². The van der Waals surface area contributed by atoms with Crippen LogP contribution in [0.15, 0.2) is 77.6 Å². The number of carbonyl (C=O) groups is 1. The third-order valence-corrected chi connectivity index (χ3v) is 5.93. The second-order valence-electron chi connectivity index (χ2n) is 7.94. The first kappa shape index (κ1) is 23.6. The molecular formula is C26H24N4O5. The molecule has 4 rings (SSSR count). The zero-order valence-electron chi connectivity index (χ0n) is 19.5. The lowest BCUT2D eigenvalue weighted by Gasteiger charge is -2.29. The van der Waals surface area contributed by atoms with Crippen LogP contribution in [0.1, 0.15) is 35.6 Å². The molecule has 0 aliphatic heterocycles. The number of aromatic nitrogens is 2. The molecule has 1 amide bonds. The van der Waals surface area contributed by atoms with Gasteiger partial charge in [-0.2, -0.15) is 0 Å². The van der Waals surface area contributed by atoms with Crippen LogP contribution >= 0.6 is 0 Å². The Labute approximate surface area is 201 Å². The van der Waals surface area contributed by atoms with Gasteiger partial charge in [0, 0.05) is 24.7 Å². The van der Waals surface area contributed by atoms with E-state index in [9.17, 15) is 19.7 Å². The van der Waals surface area contributed by atoms with E-state index >= 15 is 0 Å². The average molecular weight is 473 g/mol. The first-order chi connectivity index (χ1) is 16.9. The quantitative estimate of drug-likeness (QED) is 0.289. The molecule has 0 saturated carbocycles. The van der Waals surface area contributed by atoms with Crippen LogP contribution in [0.5, 0.6) is 5.75 Å². The number of hydrogen-bond donors (Lipinski definition) is 0. The van der Waals surface area contributed by atoms with Crippen LogP contribution in [0.4, 0.5) is 5.69 Å². The third-order valence-electron chi connectivity index (χ3n) is 5.93. The molecule has 9 nitrogen and oxygen atoms in total. The normalized spacial score (nSPS) is 11.7. The zero-order valence-corrected chi connectivity index (χ0v) is 19.5. The van der Waals surface area contributed by atoms with Crippen molar-refractivity contribution in [1.29, 1.82) is 0 Å². The van der Waals surface area contributed by atoms with Crippen molar-refractivity contribution < 1.29 is 14.5 Å². The summed E-state index contributed by atoms with van der Waals surface area (Å²) in [7, 11) is 3.16. The topological polar surface area (TPSA) is 108 Å². The minimum absolute atomic E-state index is 0.0996. The van der Waals surface area contributed by atoms with Crippen molar-refractivity contribution in [2.45, 2.75) is 19.4 Å². The summed E-state index contributed by atoms with van der Waals surface area (Å²) in [5.41, 5.74) is 0.960. The van der Waals surface area contributed by atoms with Gasteiger partial charge in [-0.05, 0) is 42.8 Å². The summed E-state index contributed by atoms with van der Waals surface area (Å²) in [5.74, 6) is 0.534. The lowest BCUT2D eigenvalue weighted by atomic mass is 10.1. The Morgan fingerprint density at radius 1 is 1.09 bits per heavy atom. The molecule has 0 aliphatic rings. The van der Waals surface area contributed by atoms with E-state index in [0.29, 0.717) is 40.1 Å². The second kappa shape index (κ2) is 9.76. The molecule has 0 spiro atoms. The fraction of sp³-hybridized carbons (Fsp3) is 0.192. The summed E-state index contributed by atoms with van der Waals surface area (Å²) < 4.78 is 7.01. The summed E-state index contributed by atoms with van der Waals surface area (Å²) in [4.78, 5) is 43.8. The largest absolute Gasteiger partial charge is 0.495 e. The Kier molecular flexibility index (Phi) is 6.59. The van der Waals surface area contributed by atoms with E-state index in [2.05, 4.69) is 0 Å². The van der Waals surface area contributed by atoms with Gasteiger partial charge in [-0.15, -0.1) is 0 Å². The highest BCUT2D eigenvalue weighted by Gasteiger charge is 2.28. The van der Waals surface area contributed by atoms with E-state index in [1.807, 2.05) is 13.0 Å². The van der Waals surface area contributed by atoms with Crippen LogP contribution < -0.4 is 10.3 Å². The molecule has 0 bridgehead atoms. The summed E-state index contributed by atoms with van der Waals surface area (Å²) in [6.07, 6.45) is 0.467. The number of nitro benzene ring substituents is 1. The van der Waals surface area contributed by atoms with Crippen molar-refractivity contribution in [1.82, 2.24) is 14.5 Å². The molecule has 4 aromatic rings. The Bertz CT molecular complexity index is 1460. The van der Waals surface area contributed by atoms with Gasteiger partial charge in [0.2, 0.25) is 0 Å². The molecule has 0 N–H and O–H groups in total. The average Bonchev–Trinajstić information content (AvgIpc) is 2.89. The van der Waals surface area contributed by atoms with E-state index < -0.39 is 11.0 Å². The highest BCUT2D eigenvalue weighted by atomic mass is 16.6. The van der Waals surface area contributed by atoms with Crippen molar-refractivity contribution in [2.75, 3.05) is 14.2 Å². The second-order valence-corrected chi connectivity index (χ2v) is 7.94. The minimum Gasteiger partial charge on any atom is -0.495 e. The Morgan fingerprint density at radius 2 is 1.74 bits per heavy atom. The van der Waals surface area contributed by atoms with E-state index in [1.54, 1.807) is 49.5 Å². The van der Waals surface area contributed by atoms with Crippen LogP contribution in [0.2, 0.25) is 0 Å². The number of carbonyl (C=O) groups excluding carboxylic acids is 1. The van der Waals surface area contributed by atoms with Crippen molar-refractivity contribution >= 4 is 22.5 Å². The number of benzene rings is 3. The molecule has 35 heavy (non-hydrogen) atoms. The smallest absolute Gasteiger partial charge is 0.269 e. The van der Waals surface area contributed by atoms with Crippen LogP contribution in [-0.4, -0.2) is 39.4 Å². The number of hydrogen-bond acceptors (Lipinski definition) is 6. The van der Waals surface area contributed by atoms with Gasteiger partial charge < -0.3 is 9.64 Å². The van der Waals surface area contributed by atoms with E-state index in [4.69, 9.17) is 9.72 Å². The number of nitrogens with zero attached hydrogens (tertiary/aromatic N) is 4. The molecule has 1 atom stereocenters. The van der Waals surface area contributed by atoms with Gasteiger partial charge in [0.25, 0.3) is 17.2 Å². The Hall–Kier alpha value is -4.53.